The molecular formula is C27H21ClF2N6O5. The van der Waals surface area contributed by atoms with Gasteiger partial charge in [-0.15, -0.1) is 0 Å². The molecule has 1 aliphatic heterocycles. The van der Waals surface area contributed by atoms with Gasteiger partial charge in [0.25, 0.3) is 11.5 Å². The number of hydrogen-bond acceptors (Lipinski definition) is 7. The van der Waals surface area contributed by atoms with Crippen LogP contribution in [0.2, 0.25) is 5.02 Å². The number of β-amino-alcohol motifs (C(OH)–C–C–N with tert-alkyl or cyclic N) is 1. The lowest BCUT2D eigenvalue weighted by Crippen LogP contribution is -2.54. The second-order valence-corrected chi connectivity index (χ2v) is 9.50. The molecule has 14 heteroatoms. The van der Waals surface area contributed by atoms with Gasteiger partial charge in [-0.3, -0.25) is 14.9 Å². The molecule has 3 amide bonds. The number of aliphatic hydroxyl groups is 1. The Bertz CT molecular complexity index is 1730. The van der Waals surface area contributed by atoms with E-state index in [9.17, 15) is 28.3 Å². The number of urea groups is 1. The van der Waals surface area contributed by atoms with Crippen molar-refractivity contribution in [1.82, 2.24) is 19.7 Å². The van der Waals surface area contributed by atoms with Crippen molar-refractivity contribution in [3.63, 3.8) is 0 Å². The summed E-state index contributed by atoms with van der Waals surface area (Å²) in [6.07, 6.45) is 0.824. The smallest absolute Gasteiger partial charge is 0.323 e. The number of benzene rings is 2. The summed E-state index contributed by atoms with van der Waals surface area (Å²) in [7, 11) is 0. The van der Waals surface area contributed by atoms with E-state index < -0.39 is 35.2 Å². The number of aromatic nitrogens is 3. The van der Waals surface area contributed by atoms with E-state index in [1.807, 2.05) is 0 Å². The third-order valence-corrected chi connectivity index (χ3v) is 6.33. The van der Waals surface area contributed by atoms with Crippen molar-refractivity contribution in [2.24, 2.45) is 0 Å². The molecule has 0 spiro atoms. The van der Waals surface area contributed by atoms with E-state index in [0.29, 0.717) is 0 Å². The van der Waals surface area contributed by atoms with Crippen molar-refractivity contribution in [3.8, 4) is 17.2 Å². The first-order chi connectivity index (χ1) is 19.6. The number of aryl methyl sites for hydroxylation is 1. The largest absolute Gasteiger partial charge is 0.454 e. The topological polar surface area (TPSA) is 139 Å². The number of nitrogens with one attached hydrogen (secondary N) is 2. The van der Waals surface area contributed by atoms with E-state index in [1.165, 1.54) is 60.5 Å². The number of aliphatic hydroxyl groups excluding tert-OH is 1. The van der Waals surface area contributed by atoms with Gasteiger partial charge in [0.15, 0.2) is 17.3 Å². The Morgan fingerprint density at radius 1 is 1.05 bits per heavy atom. The van der Waals surface area contributed by atoms with E-state index in [2.05, 4.69) is 20.7 Å². The second-order valence-electron chi connectivity index (χ2n) is 9.09. The minimum atomic E-state index is -0.800. The van der Waals surface area contributed by atoms with Crippen molar-refractivity contribution >= 4 is 35.0 Å². The Labute approximate surface area is 236 Å². The predicted octanol–water partition coefficient (Wildman–Crippen LogP) is 4.12. The fraction of sp³-hybridized carbons (Fsp3) is 0.148. The molecule has 0 unspecified atom stereocenters. The molecule has 0 aliphatic carbocycles. The van der Waals surface area contributed by atoms with Crippen molar-refractivity contribution in [3.05, 3.63) is 99.1 Å². The molecule has 1 saturated heterocycles. The quantitative estimate of drug-likeness (QED) is 0.311. The lowest BCUT2D eigenvalue weighted by molar-refractivity contribution is 0.0308. The summed E-state index contributed by atoms with van der Waals surface area (Å²) in [4.78, 5) is 43.0. The molecular weight excluding hydrogens is 562 g/mol. The van der Waals surface area contributed by atoms with Gasteiger partial charge in [0.1, 0.15) is 17.4 Å². The number of amides is 3. The highest BCUT2D eigenvalue weighted by Crippen LogP contribution is 2.28. The van der Waals surface area contributed by atoms with Gasteiger partial charge in [0.2, 0.25) is 0 Å². The van der Waals surface area contributed by atoms with Crippen LogP contribution in [0, 0.1) is 18.6 Å². The molecule has 11 nitrogen and oxygen atoms in total. The van der Waals surface area contributed by atoms with Crippen LogP contribution in [0.1, 0.15) is 16.1 Å². The van der Waals surface area contributed by atoms with Crippen LogP contribution in [-0.4, -0.2) is 55.9 Å². The van der Waals surface area contributed by atoms with Crippen LogP contribution in [-0.2, 0) is 0 Å². The highest BCUT2D eigenvalue weighted by molar-refractivity contribution is 6.30. The Morgan fingerprint density at radius 3 is 2.54 bits per heavy atom. The monoisotopic (exact) mass is 582 g/mol. The zero-order chi connectivity index (χ0) is 29.3. The van der Waals surface area contributed by atoms with Crippen LogP contribution in [0.3, 0.4) is 0 Å². The number of ether oxygens (including phenoxy) is 1. The molecule has 0 bridgehead atoms. The zero-order valence-corrected chi connectivity index (χ0v) is 22.0. The molecule has 2 aromatic carbocycles. The summed E-state index contributed by atoms with van der Waals surface area (Å²) in [5.74, 6) is -2.10. The van der Waals surface area contributed by atoms with Crippen molar-refractivity contribution < 1.29 is 28.2 Å². The maximum atomic E-state index is 14.9. The number of carbonyl (C=O) groups excluding carboxylic acids is 2. The number of pyridine rings is 1. The number of carbonyl (C=O) groups is 2. The van der Waals surface area contributed by atoms with Crippen LogP contribution >= 0.6 is 11.6 Å². The van der Waals surface area contributed by atoms with Crippen molar-refractivity contribution in [2.45, 2.75) is 13.0 Å². The molecule has 210 valence electrons. The van der Waals surface area contributed by atoms with Gasteiger partial charge in [-0.1, -0.05) is 11.6 Å². The van der Waals surface area contributed by atoms with E-state index in [-0.39, 0.29) is 58.1 Å². The molecule has 2 aromatic heterocycles. The molecule has 0 radical (unpaired) electrons. The van der Waals surface area contributed by atoms with Crippen LogP contribution in [0.5, 0.6) is 11.5 Å². The summed E-state index contributed by atoms with van der Waals surface area (Å²) in [5.41, 5.74) is -0.330. The maximum absolute atomic E-state index is 14.9. The second kappa shape index (κ2) is 11.3. The molecule has 1 aliphatic rings. The van der Waals surface area contributed by atoms with Gasteiger partial charge in [0, 0.05) is 36.1 Å². The molecule has 5 rings (SSSR count). The number of hydrogen-bond donors (Lipinski definition) is 3. The van der Waals surface area contributed by atoms with Gasteiger partial charge < -0.3 is 20.1 Å². The first-order valence-corrected chi connectivity index (χ1v) is 12.5. The first-order valence-electron chi connectivity index (χ1n) is 12.1. The lowest BCUT2D eigenvalue weighted by Gasteiger charge is -2.35. The fourth-order valence-corrected chi connectivity index (χ4v) is 4.02. The average molecular weight is 583 g/mol. The Hall–Kier alpha value is -4.88. The molecule has 1 fully saturated rings. The highest BCUT2D eigenvalue weighted by Gasteiger charge is 2.29. The summed E-state index contributed by atoms with van der Waals surface area (Å²) in [6.45, 7) is 1.95. The third kappa shape index (κ3) is 6.15. The molecule has 41 heavy (non-hydrogen) atoms. The van der Waals surface area contributed by atoms with E-state index in [1.54, 1.807) is 0 Å². The minimum Gasteiger partial charge on any atom is -0.454 e. The summed E-state index contributed by atoms with van der Waals surface area (Å²) < 4.78 is 35.3. The Balaban J connectivity index is 1.29. The highest BCUT2D eigenvalue weighted by atomic mass is 35.5. The minimum absolute atomic E-state index is 0.0664. The van der Waals surface area contributed by atoms with Gasteiger partial charge in [-0.2, -0.15) is 9.78 Å². The van der Waals surface area contributed by atoms with Crippen LogP contribution in [0.15, 0.2) is 65.6 Å². The van der Waals surface area contributed by atoms with E-state index in [4.69, 9.17) is 16.3 Å². The van der Waals surface area contributed by atoms with Gasteiger partial charge in [-0.05, 0) is 42.8 Å². The summed E-state index contributed by atoms with van der Waals surface area (Å²) in [6, 6.07) is 11.0. The first kappa shape index (κ1) is 27.7. The fourth-order valence-electron chi connectivity index (χ4n) is 3.90. The van der Waals surface area contributed by atoms with E-state index in [0.717, 1.165) is 16.8 Å². The van der Waals surface area contributed by atoms with Crippen LogP contribution < -0.4 is 20.9 Å². The number of rotatable bonds is 6. The number of anilines is 2. The predicted molar refractivity (Wildman–Crippen MR) is 145 cm³/mol. The van der Waals surface area contributed by atoms with Gasteiger partial charge >= 0.3 is 6.03 Å². The Morgan fingerprint density at radius 2 is 1.83 bits per heavy atom. The van der Waals surface area contributed by atoms with Crippen molar-refractivity contribution in [2.75, 3.05) is 23.7 Å². The molecule has 0 saturated carbocycles. The number of halogens is 3. The van der Waals surface area contributed by atoms with Gasteiger partial charge in [0.05, 0.1) is 29.9 Å². The Kier molecular flexibility index (Phi) is 7.64. The summed E-state index contributed by atoms with van der Waals surface area (Å²) in [5, 5.41) is 18.4. The summed E-state index contributed by atoms with van der Waals surface area (Å²) >= 11 is 5.71. The molecule has 4 aromatic rings. The van der Waals surface area contributed by atoms with Gasteiger partial charge in [-0.25, -0.2) is 18.6 Å². The normalized spacial score (nSPS) is 13.0. The molecule has 0 atom stereocenters. The number of likely N-dealkylation sites (tertiary alicyclic amines) is 1. The van der Waals surface area contributed by atoms with E-state index >= 15 is 0 Å². The van der Waals surface area contributed by atoms with Crippen molar-refractivity contribution in [1.29, 1.82) is 0 Å². The lowest BCUT2D eigenvalue weighted by atomic mass is 10.2. The average Bonchev–Trinajstić information content (AvgIpc) is 2.90. The maximum Gasteiger partial charge on any atom is 0.323 e. The van der Waals surface area contributed by atoms with Crippen LogP contribution in [0.25, 0.3) is 5.69 Å². The molecule has 3 N–H and O–H groups in total. The SMILES string of the molecule is Cc1cc(=O)n(-c2ccc(Cl)c(F)c2)nc1C(=O)Nc1ccc(Oc2ccnc(NC(=O)N3CC(O)C3)c2)c(F)c1. The third-order valence-electron chi connectivity index (χ3n) is 6.02. The molecule has 3 heterocycles. The number of nitrogens with zero attached hydrogens (tertiary/aromatic N) is 4. The van der Waals surface area contributed by atoms with Crippen LogP contribution in [0.4, 0.5) is 25.1 Å². The zero-order valence-electron chi connectivity index (χ0n) is 21.3. The standard InChI is InChI=1S/C27H21ClF2N6O5/c1-14-8-24(38)36(16-3-4-19(28)20(29)10-16)34-25(14)26(39)32-15-2-5-22(21(30)9-15)41-18-6-7-31-23(11-18)33-27(40)35-12-17(37)13-35/h2-11,17,37H,12-13H2,1H3,(H,32,39)(H,31,33,40).